The lowest BCUT2D eigenvalue weighted by molar-refractivity contribution is -0.116. The third-order valence-electron chi connectivity index (χ3n) is 6.06. The van der Waals surface area contributed by atoms with E-state index in [0.29, 0.717) is 17.3 Å². The fraction of sp³-hybridized carbons (Fsp3) is 0.185. The van der Waals surface area contributed by atoms with Gasteiger partial charge in [0.1, 0.15) is 17.3 Å². The van der Waals surface area contributed by atoms with Crippen molar-refractivity contribution in [2.75, 3.05) is 19.5 Å². The first-order chi connectivity index (χ1) is 16.1. The van der Waals surface area contributed by atoms with Crippen LogP contribution in [0.15, 0.2) is 72.8 Å². The van der Waals surface area contributed by atoms with Crippen LogP contribution in [0, 0.1) is 6.92 Å². The van der Waals surface area contributed by atoms with E-state index in [4.69, 9.17) is 14.6 Å². The molecule has 1 amide bonds. The third-order valence-corrected chi connectivity index (χ3v) is 6.06. The standard InChI is InChI=1S/C27H25N3O3/c1-17-9-11-19(12-10-17)30-27-25(26(29-30)18-7-5-4-6-8-18)22(16-24(31)28-27)21-15-20(32-2)13-14-23(21)33-3/h4-15,22H,16H2,1-3H3,(H,28,31)/t22-/m0/s1. The van der Waals surface area contributed by atoms with Gasteiger partial charge in [0.15, 0.2) is 0 Å². The number of ether oxygens (including phenoxy) is 2. The van der Waals surface area contributed by atoms with Crippen LogP contribution < -0.4 is 14.8 Å². The quantitative estimate of drug-likeness (QED) is 0.456. The molecule has 1 aromatic heterocycles. The summed E-state index contributed by atoms with van der Waals surface area (Å²) in [6, 6.07) is 23.9. The average molecular weight is 440 g/mol. The molecule has 0 saturated carbocycles. The number of amides is 1. The van der Waals surface area contributed by atoms with Crippen LogP contribution in [0.3, 0.4) is 0 Å². The summed E-state index contributed by atoms with van der Waals surface area (Å²) in [5.41, 5.74) is 5.73. The first-order valence-corrected chi connectivity index (χ1v) is 10.9. The monoisotopic (exact) mass is 439 g/mol. The van der Waals surface area contributed by atoms with E-state index in [9.17, 15) is 4.79 Å². The fourth-order valence-electron chi connectivity index (χ4n) is 4.41. The summed E-state index contributed by atoms with van der Waals surface area (Å²) in [5.74, 6) is 1.80. The number of aromatic nitrogens is 2. The van der Waals surface area contributed by atoms with Gasteiger partial charge in [-0.2, -0.15) is 5.10 Å². The molecule has 1 aliphatic heterocycles. The Morgan fingerprint density at radius 3 is 2.42 bits per heavy atom. The van der Waals surface area contributed by atoms with Crippen LogP contribution in [-0.4, -0.2) is 29.9 Å². The number of hydrogen-bond donors (Lipinski definition) is 1. The van der Waals surface area contributed by atoms with E-state index in [1.54, 1.807) is 14.2 Å². The topological polar surface area (TPSA) is 65.4 Å². The van der Waals surface area contributed by atoms with Crippen molar-refractivity contribution in [2.24, 2.45) is 0 Å². The summed E-state index contributed by atoms with van der Waals surface area (Å²) in [6.07, 6.45) is 0.288. The zero-order valence-electron chi connectivity index (χ0n) is 18.8. The Balaban J connectivity index is 1.78. The van der Waals surface area contributed by atoms with Crippen LogP contribution in [0.2, 0.25) is 0 Å². The van der Waals surface area contributed by atoms with Gasteiger partial charge in [0.05, 0.1) is 25.6 Å². The summed E-state index contributed by atoms with van der Waals surface area (Å²) >= 11 is 0. The van der Waals surface area contributed by atoms with E-state index in [1.807, 2.05) is 84.4 Å². The molecule has 1 atom stereocenters. The summed E-state index contributed by atoms with van der Waals surface area (Å²) in [4.78, 5) is 12.9. The Morgan fingerprint density at radius 2 is 1.73 bits per heavy atom. The second-order valence-electron chi connectivity index (χ2n) is 8.14. The number of nitrogens with zero attached hydrogens (tertiary/aromatic N) is 2. The van der Waals surface area contributed by atoms with Gasteiger partial charge >= 0.3 is 0 Å². The second kappa shape index (κ2) is 8.47. The molecule has 0 saturated heterocycles. The molecule has 166 valence electrons. The van der Waals surface area contributed by atoms with Gasteiger partial charge in [0, 0.05) is 29.0 Å². The Kier molecular flexibility index (Phi) is 5.34. The zero-order chi connectivity index (χ0) is 22.9. The van der Waals surface area contributed by atoms with Crippen molar-refractivity contribution in [3.05, 3.63) is 89.5 Å². The Morgan fingerprint density at radius 1 is 0.970 bits per heavy atom. The number of aryl methyl sites for hydroxylation is 1. The highest BCUT2D eigenvalue weighted by Crippen LogP contribution is 2.46. The summed E-state index contributed by atoms with van der Waals surface area (Å²) in [7, 11) is 3.28. The van der Waals surface area contributed by atoms with Crippen LogP contribution in [0.5, 0.6) is 11.5 Å². The second-order valence-corrected chi connectivity index (χ2v) is 8.14. The van der Waals surface area contributed by atoms with Gasteiger partial charge in [0.2, 0.25) is 5.91 Å². The molecule has 6 heteroatoms. The molecule has 4 aromatic rings. The van der Waals surface area contributed by atoms with Crippen molar-refractivity contribution in [1.29, 1.82) is 0 Å². The predicted octanol–water partition coefficient (Wildman–Crippen LogP) is 5.34. The smallest absolute Gasteiger partial charge is 0.226 e. The maximum Gasteiger partial charge on any atom is 0.226 e. The molecule has 2 heterocycles. The van der Waals surface area contributed by atoms with E-state index < -0.39 is 0 Å². The SMILES string of the molecule is COc1ccc(OC)c([C@@H]2CC(=O)Nc3c2c(-c2ccccc2)nn3-c2ccc(C)cc2)c1. The molecule has 0 spiro atoms. The first-order valence-electron chi connectivity index (χ1n) is 10.9. The molecular formula is C27H25N3O3. The number of anilines is 1. The van der Waals surface area contributed by atoms with E-state index >= 15 is 0 Å². The number of methoxy groups -OCH3 is 2. The van der Waals surface area contributed by atoms with Crippen molar-refractivity contribution in [3.63, 3.8) is 0 Å². The minimum absolute atomic E-state index is 0.0646. The maximum absolute atomic E-state index is 12.9. The number of carbonyl (C=O) groups is 1. The molecule has 33 heavy (non-hydrogen) atoms. The first kappa shape index (κ1) is 20.8. The van der Waals surface area contributed by atoms with E-state index in [0.717, 1.165) is 33.6 Å². The molecule has 0 fully saturated rings. The number of carbonyl (C=O) groups excluding carboxylic acids is 1. The average Bonchev–Trinajstić information content (AvgIpc) is 3.23. The molecule has 0 aliphatic carbocycles. The molecule has 3 aromatic carbocycles. The number of fused-ring (bicyclic) bond motifs is 1. The van der Waals surface area contributed by atoms with Crippen LogP contribution in [-0.2, 0) is 4.79 Å². The lowest BCUT2D eigenvalue weighted by Crippen LogP contribution is -2.25. The Bertz CT molecular complexity index is 1310. The van der Waals surface area contributed by atoms with Crippen molar-refractivity contribution in [1.82, 2.24) is 9.78 Å². The normalized spacial score (nSPS) is 15.0. The largest absolute Gasteiger partial charge is 0.497 e. The van der Waals surface area contributed by atoms with Crippen molar-refractivity contribution in [3.8, 4) is 28.4 Å². The number of rotatable bonds is 5. The van der Waals surface area contributed by atoms with E-state index in [-0.39, 0.29) is 18.2 Å². The molecule has 0 unspecified atom stereocenters. The number of hydrogen-bond acceptors (Lipinski definition) is 4. The van der Waals surface area contributed by atoms with E-state index in [2.05, 4.69) is 5.32 Å². The minimum Gasteiger partial charge on any atom is -0.497 e. The molecule has 1 N–H and O–H groups in total. The van der Waals surface area contributed by atoms with Crippen molar-refractivity contribution >= 4 is 11.7 Å². The summed E-state index contributed by atoms with van der Waals surface area (Å²) in [5, 5.41) is 8.09. The van der Waals surface area contributed by atoms with Gasteiger partial charge in [-0.15, -0.1) is 0 Å². The number of nitrogens with one attached hydrogen (secondary N) is 1. The van der Waals surface area contributed by atoms with Crippen LogP contribution in [0.1, 0.15) is 29.0 Å². The van der Waals surface area contributed by atoms with Gasteiger partial charge in [-0.25, -0.2) is 4.68 Å². The molecule has 1 aliphatic rings. The van der Waals surface area contributed by atoms with Crippen molar-refractivity contribution in [2.45, 2.75) is 19.3 Å². The highest BCUT2D eigenvalue weighted by molar-refractivity contribution is 5.97. The summed E-state index contributed by atoms with van der Waals surface area (Å²) < 4.78 is 13.0. The van der Waals surface area contributed by atoms with Gasteiger partial charge in [-0.3, -0.25) is 4.79 Å². The highest BCUT2D eigenvalue weighted by Gasteiger charge is 2.36. The van der Waals surface area contributed by atoms with Gasteiger partial charge in [-0.05, 0) is 37.3 Å². The van der Waals surface area contributed by atoms with E-state index in [1.165, 1.54) is 0 Å². The van der Waals surface area contributed by atoms with Crippen LogP contribution >= 0.6 is 0 Å². The third kappa shape index (κ3) is 3.74. The fourth-order valence-corrected chi connectivity index (χ4v) is 4.41. The minimum atomic E-state index is -0.242. The molecule has 6 nitrogen and oxygen atoms in total. The highest BCUT2D eigenvalue weighted by atomic mass is 16.5. The molecular weight excluding hydrogens is 414 g/mol. The van der Waals surface area contributed by atoms with Crippen LogP contribution in [0.25, 0.3) is 16.9 Å². The molecule has 0 bridgehead atoms. The van der Waals surface area contributed by atoms with Gasteiger partial charge in [0.25, 0.3) is 0 Å². The van der Waals surface area contributed by atoms with Gasteiger partial charge in [-0.1, -0.05) is 48.0 Å². The zero-order valence-corrected chi connectivity index (χ0v) is 18.8. The maximum atomic E-state index is 12.9. The lowest BCUT2D eigenvalue weighted by atomic mass is 9.83. The Hall–Kier alpha value is -4.06. The van der Waals surface area contributed by atoms with Crippen LogP contribution in [0.4, 0.5) is 5.82 Å². The Labute approximate surface area is 192 Å². The summed E-state index contributed by atoms with van der Waals surface area (Å²) in [6.45, 7) is 2.05. The van der Waals surface area contributed by atoms with Crippen molar-refractivity contribution < 1.29 is 14.3 Å². The molecule has 5 rings (SSSR count). The predicted molar refractivity (Wildman–Crippen MR) is 128 cm³/mol. The lowest BCUT2D eigenvalue weighted by Gasteiger charge is -2.26. The molecule has 0 radical (unpaired) electrons. The number of benzene rings is 3. The van der Waals surface area contributed by atoms with Gasteiger partial charge < -0.3 is 14.8 Å².